The summed E-state index contributed by atoms with van der Waals surface area (Å²) in [7, 11) is 1.55. The van der Waals surface area contributed by atoms with Crippen LogP contribution in [0.4, 0.5) is 0 Å². The third kappa shape index (κ3) is 4.96. The topological polar surface area (TPSA) is 88.5 Å². The molecule has 34 heavy (non-hydrogen) atoms. The van der Waals surface area contributed by atoms with E-state index in [9.17, 15) is 14.7 Å². The molecule has 3 heterocycles. The Morgan fingerprint density at radius 2 is 2.00 bits per heavy atom. The van der Waals surface area contributed by atoms with Crippen molar-refractivity contribution in [3.05, 3.63) is 57.5 Å². The van der Waals surface area contributed by atoms with Crippen LogP contribution >= 0.6 is 11.3 Å². The van der Waals surface area contributed by atoms with Gasteiger partial charge in [0.05, 0.1) is 43.4 Å². The van der Waals surface area contributed by atoms with Crippen molar-refractivity contribution in [3.63, 3.8) is 0 Å². The molecule has 1 fully saturated rings. The molecule has 9 heteroatoms. The summed E-state index contributed by atoms with van der Waals surface area (Å²) in [4.78, 5) is 30.8. The lowest BCUT2D eigenvalue weighted by Crippen LogP contribution is -2.43. The molecule has 1 atom stereocenters. The molecule has 0 saturated carbocycles. The van der Waals surface area contributed by atoms with Gasteiger partial charge >= 0.3 is 0 Å². The van der Waals surface area contributed by atoms with Gasteiger partial charge in [0.25, 0.3) is 5.91 Å². The van der Waals surface area contributed by atoms with E-state index in [4.69, 9.17) is 14.2 Å². The molecule has 8 nitrogen and oxygen atoms in total. The predicted octanol–water partition coefficient (Wildman–Crippen LogP) is 3.46. The van der Waals surface area contributed by atoms with Gasteiger partial charge in [-0.25, -0.2) is 0 Å². The van der Waals surface area contributed by atoms with E-state index < -0.39 is 17.7 Å². The number of carbonyl (C=O) groups excluding carboxylic acids is 2. The molecule has 0 bridgehead atoms. The average Bonchev–Trinajstić information content (AvgIpc) is 3.49. The second kappa shape index (κ2) is 11.0. The number of benzene rings is 1. The van der Waals surface area contributed by atoms with E-state index in [1.165, 1.54) is 11.3 Å². The van der Waals surface area contributed by atoms with Crippen LogP contribution in [0.3, 0.4) is 0 Å². The first-order valence-electron chi connectivity index (χ1n) is 11.5. The van der Waals surface area contributed by atoms with Crippen molar-refractivity contribution < 1.29 is 28.9 Å². The van der Waals surface area contributed by atoms with Crippen molar-refractivity contribution >= 4 is 23.0 Å². The summed E-state index contributed by atoms with van der Waals surface area (Å²) < 4.78 is 16.7. The van der Waals surface area contributed by atoms with E-state index in [1.54, 1.807) is 41.7 Å². The average molecular weight is 487 g/mol. The number of ether oxygens (including phenoxy) is 3. The number of aliphatic hydroxyl groups excluding tert-OH is 1. The predicted molar refractivity (Wildman–Crippen MR) is 129 cm³/mol. The Kier molecular flexibility index (Phi) is 7.87. The molecule has 0 radical (unpaired) electrons. The molecule has 4 rings (SSSR count). The van der Waals surface area contributed by atoms with Crippen LogP contribution in [-0.4, -0.2) is 79.7 Å². The number of amides is 1. The number of Topliss-reactive ketones (excluding diaryl/α,β-unsaturated/α-hetero) is 1. The molecule has 1 aromatic heterocycles. The van der Waals surface area contributed by atoms with Gasteiger partial charge in [0, 0.05) is 26.2 Å². The number of methoxy groups -OCH3 is 1. The molecular weight excluding hydrogens is 456 g/mol. The molecule has 1 N–H and O–H groups in total. The Labute approximate surface area is 203 Å². The van der Waals surface area contributed by atoms with Crippen LogP contribution < -0.4 is 9.47 Å². The van der Waals surface area contributed by atoms with Gasteiger partial charge in [0.1, 0.15) is 0 Å². The largest absolute Gasteiger partial charge is 0.503 e. The Morgan fingerprint density at radius 3 is 2.68 bits per heavy atom. The molecule has 0 spiro atoms. The van der Waals surface area contributed by atoms with Gasteiger partial charge in [-0.2, -0.15) is 0 Å². The van der Waals surface area contributed by atoms with Gasteiger partial charge in [0.2, 0.25) is 5.78 Å². The highest BCUT2D eigenvalue weighted by molar-refractivity contribution is 7.12. The van der Waals surface area contributed by atoms with Gasteiger partial charge in [-0.05, 0) is 35.6 Å². The van der Waals surface area contributed by atoms with Gasteiger partial charge in [0.15, 0.2) is 17.3 Å². The van der Waals surface area contributed by atoms with Crippen LogP contribution in [0.1, 0.15) is 34.6 Å². The van der Waals surface area contributed by atoms with Crippen molar-refractivity contribution in [1.82, 2.24) is 9.80 Å². The maximum atomic E-state index is 13.4. The molecule has 0 aliphatic carbocycles. The third-order valence-electron chi connectivity index (χ3n) is 6.02. The minimum atomic E-state index is -0.725. The second-order valence-corrected chi connectivity index (χ2v) is 9.13. The van der Waals surface area contributed by atoms with Gasteiger partial charge in [-0.15, -0.1) is 11.3 Å². The normalized spacial score (nSPS) is 19.1. The minimum absolute atomic E-state index is 0.0960. The lowest BCUT2D eigenvalue weighted by Gasteiger charge is -2.32. The van der Waals surface area contributed by atoms with Crippen molar-refractivity contribution in [1.29, 1.82) is 0 Å². The molecule has 182 valence electrons. The quantitative estimate of drug-likeness (QED) is 0.515. The maximum Gasteiger partial charge on any atom is 0.290 e. The summed E-state index contributed by atoms with van der Waals surface area (Å²) in [5.41, 5.74) is 0.777. The second-order valence-electron chi connectivity index (χ2n) is 8.18. The summed E-state index contributed by atoms with van der Waals surface area (Å²) >= 11 is 1.28. The summed E-state index contributed by atoms with van der Waals surface area (Å²) in [5, 5.41) is 12.6. The highest BCUT2D eigenvalue weighted by Crippen LogP contribution is 2.42. The molecule has 0 unspecified atom stereocenters. The number of aliphatic hydroxyl groups is 1. The Bertz CT molecular complexity index is 1050. The molecule has 1 aromatic carbocycles. The van der Waals surface area contributed by atoms with E-state index >= 15 is 0 Å². The number of nitrogens with zero attached hydrogens (tertiary/aromatic N) is 2. The SMILES string of the molecule is CCCOc1ccc([C@H]2C(C(=O)c3cccs3)=C(O)C(=O)N2CCN2CCOCC2)cc1OC. The maximum absolute atomic E-state index is 13.4. The number of hydrogen-bond donors (Lipinski definition) is 1. The standard InChI is InChI=1S/C25H30N2O6S/c1-3-12-33-18-7-6-17(16-19(18)31-2)22-21(23(28)20-5-4-15-34-20)24(29)25(30)27(22)9-8-26-10-13-32-14-11-26/h4-7,15-16,22,29H,3,8-14H2,1-2H3/t22-/m0/s1. The lowest BCUT2D eigenvalue weighted by molar-refractivity contribution is -0.129. The number of carbonyl (C=O) groups is 2. The summed E-state index contributed by atoms with van der Waals surface area (Å²) in [6.45, 7) is 6.42. The Balaban J connectivity index is 1.69. The molecule has 1 saturated heterocycles. The number of rotatable bonds is 10. The molecule has 2 aromatic rings. The zero-order valence-corrected chi connectivity index (χ0v) is 20.3. The van der Waals surface area contributed by atoms with Crippen LogP contribution in [-0.2, 0) is 9.53 Å². The first-order valence-corrected chi connectivity index (χ1v) is 12.4. The van der Waals surface area contributed by atoms with E-state index in [-0.39, 0.29) is 11.4 Å². The molecular formula is C25H30N2O6S. The number of hydrogen-bond acceptors (Lipinski definition) is 8. The Hall–Kier alpha value is -2.88. The van der Waals surface area contributed by atoms with Crippen molar-refractivity contribution in [2.45, 2.75) is 19.4 Å². The molecule has 2 aliphatic rings. The summed E-state index contributed by atoms with van der Waals surface area (Å²) in [5.74, 6) is -0.262. The summed E-state index contributed by atoms with van der Waals surface area (Å²) in [6, 6.07) is 8.15. The van der Waals surface area contributed by atoms with Crippen molar-refractivity contribution in [3.8, 4) is 11.5 Å². The van der Waals surface area contributed by atoms with Crippen LogP contribution in [0.15, 0.2) is 47.0 Å². The third-order valence-corrected chi connectivity index (χ3v) is 6.89. The van der Waals surface area contributed by atoms with E-state index in [2.05, 4.69) is 4.90 Å². The monoisotopic (exact) mass is 486 g/mol. The fourth-order valence-corrected chi connectivity index (χ4v) is 4.94. The van der Waals surface area contributed by atoms with Gasteiger partial charge < -0.3 is 24.2 Å². The molecule has 1 amide bonds. The van der Waals surface area contributed by atoms with Crippen LogP contribution in [0.5, 0.6) is 11.5 Å². The van der Waals surface area contributed by atoms with E-state index in [0.29, 0.717) is 54.8 Å². The first-order chi connectivity index (χ1) is 16.5. The van der Waals surface area contributed by atoms with Crippen molar-refractivity contribution in [2.75, 3.05) is 53.1 Å². The molecule has 2 aliphatic heterocycles. The number of thiophene rings is 1. The van der Waals surface area contributed by atoms with Crippen LogP contribution in [0, 0.1) is 0 Å². The number of morpholine rings is 1. The van der Waals surface area contributed by atoms with E-state index in [0.717, 1.165) is 19.5 Å². The van der Waals surface area contributed by atoms with Crippen molar-refractivity contribution in [2.24, 2.45) is 0 Å². The zero-order chi connectivity index (χ0) is 24.1. The first kappa shape index (κ1) is 24.3. The smallest absolute Gasteiger partial charge is 0.290 e. The Morgan fingerprint density at radius 1 is 1.21 bits per heavy atom. The number of ketones is 1. The minimum Gasteiger partial charge on any atom is -0.503 e. The van der Waals surface area contributed by atoms with Crippen LogP contribution in [0.2, 0.25) is 0 Å². The fraction of sp³-hybridized carbons (Fsp3) is 0.440. The highest BCUT2D eigenvalue weighted by Gasteiger charge is 2.44. The summed E-state index contributed by atoms with van der Waals surface area (Å²) in [6.07, 6.45) is 0.855. The lowest BCUT2D eigenvalue weighted by atomic mass is 9.95. The van der Waals surface area contributed by atoms with E-state index in [1.807, 2.05) is 13.0 Å². The highest BCUT2D eigenvalue weighted by atomic mass is 32.1. The van der Waals surface area contributed by atoms with Crippen LogP contribution in [0.25, 0.3) is 0 Å². The van der Waals surface area contributed by atoms with Gasteiger partial charge in [-0.1, -0.05) is 19.1 Å². The fourth-order valence-electron chi connectivity index (χ4n) is 4.26. The zero-order valence-electron chi connectivity index (χ0n) is 19.5. The van der Waals surface area contributed by atoms with Gasteiger partial charge in [-0.3, -0.25) is 14.5 Å².